The van der Waals surface area contributed by atoms with Gasteiger partial charge in [-0.05, 0) is 32.0 Å². The number of non-ortho nitro benzene ring substituents is 1. The fraction of sp³-hybridized carbons (Fsp3) is 0.346. The van der Waals surface area contributed by atoms with Crippen LogP contribution in [0, 0.1) is 17.0 Å². The van der Waals surface area contributed by atoms with Crippen LogP contribution in [-0.4, -0.2) is 68.1 Å². The van der Waals surface area contributed by atoms with Crippen molar-refractivity contribution in [2.75, 3.05) is 32.7 Å². The van der Waals surface area contributed by atoms with Crippen LogP contribution in [0.4, 0.5) is 5.69 Å². The van der Waals surface area contributed by atoms with Crippen LogP contribution in [0.5, 0.6) is 0 Å². The number of nitro groups is 1. The zero-order valence-electron chi connectivity index (χ0n) is 20.2. The molecule has 5 rings (SSSR count). The number of hydrogen-bond donors (Lipinski definition) is 0. The molecule has 1 saturated heterocycles. The minimum absolute atomic E-state index is 0.0495. The van der Waals surface area contributed by atoms with Gasteiger partial charge in [0.15, 0.2) is 0 Å². The van der Waals surface area contributed by atoms with Crippen molar-refractivity contribution in [3.63, 3.8) is 0 Å². The highest BCUT2D eigenvalue weighted by molar-refractivity contribution is 5.85. The van der Waals surface area contributed by atoms with Crippen LogP contribution in [0.1, 0.15) is 17.9 Å². The van der Waals surface area contributed by atoms with E-state index in [9.17, 15) is 14.9 Å². The quantitative estimate of drug-likeness (QED) is 0.275. The SMILES string of the molecule is Cc1ccc(-c2noc(CCCN3CCN(C(=O)Cn4ccc5cc([N+](=O)[O-])ccc54)CC3)n2)cc1. The van der Waals surface area contributed by atoms with Crippen LogP contribution in [0.2, 0.25) is 0 Å². The molecule has 4 aromatic rings. The van der Waals surface area contributed by atoms with Crippen LogP contribution in [0.25, 0.3) is 22.3 Å². The lowest BCUT2D eigenvalue weighted by atomic mass is 10.1. The molecule has 3 heterocycles. The Labute approximate surface area is 208 Å². The first-order chi connectivity index (χ1) is 17.5. The van der Waals surface area contributed by atoms with Gasteiger partial charge in [0.1, 0.15) is 6.54 Å². The third-order valence-corrected chi connectivity index (χ3v) is 6.64. The Balaban J connectivity index is 1.07. The molecular formula is C26H28N6O4. The zero-order chi connectivity index (χ0) is 25.1. The number of benzene rings is 2. The van der Waals surface area contributed by atoms with Crippen molar-refractivity contribution in [3.8, 4) is 11.4 Å². The maximum Gasteiger partial charge on any atom is 0.270 e. The first kappa shape index (κ1) is 23.7. The summed E-state index contributed by atoms with van der Waals surface area (Å²) in [6, 6.07) is 14.6. The molecule has 1 aliphatic rings. The van der Waals surface area contributed by atoms with Crippen molar-refractivity contribution in [1.82, 2.24) is 24.5 Å². The van der Waals surface area contributed by atoms with Crippen LogP contribution < -0.4 is 0 Å². The number of nitrogens with zero attached hydrogens (tertiary/aromatic N) is 6. The average Bonchev–Trinajstić information content (AvgIpc) is 3.52. The summed E-state index contributed by atoms with van der Waals surface area (Å²) < 4.78 is 7.27. The lowest BCUT2D eigenvalue weighted by Gasteiger charge is -2.34. The van der Waals surface area contributed by atoms with E-state index in [1.54, 1.807) is 12.1 Å². The van der Waals surface area contributed by atoms with Crippen molar-refractivity contribution >= 4 is 22.5 Å². The molecule has 1 fully saturated rings. The summed E-state index contributed by atoms with van der Waals surface area (Å²) in [5, 5.41) is 15.8. The van der Waals surface area contributed by atoms with Crippen LogP contribution in [0.15, 0.2) is 59.3 Å². The van der Waals surface area contributed by atoms with Crippen LogP contribution in [0.3, 0.4) is 0 Å². The average molecular weight is 489 g/mol. The highest BCUT2D eigenvalue weighted by Crippen LogP contribution is 2.22. The standard InChI is InChI=1S/C26H28N6O4/c1-19-4-6-20(7-5-19)26-27-24(36-28-26)3-2-11-29-13-15-30(16-14-29)25(33)18-31-12-10-21-17-22(32(34)35)8-9-23(21)31/h4-10,12,17H,2-3,11,13-16,18H2,1H3. The summed E-state index contributed by atoms with van der Waals surface area (Å²) in [6.45, 7) is 6.18. The normalized spacial score (nSPS) is 14.4. The molecule has 1 aliphatic heterocycles. The largest absolute Gasteiger partial charge is 0.339 e. The third-order valence-electron chi connectivity index (χ3n) is 6.64. The number of piperazine rings is 1. The molecule has 0 saturated carbocycles. The smallest absolute Gasteiger partial charge is 0.270 e. The van der Waals surface area contributed by atoms with Gasteiger partial charge in [0.2, 0.25) is 17.6 Å². The summed E-state index contributed by atoms with van der Waals surface area (Å²) in [7, 11) is 0. The Morgan fingerprint density at radius 2 is 1.86 bits per heavy atom. The lowest BCUT2D eigenvalue weighted by Crippen LogP contribution is -2.49. The van der Waals surface area contributed by atoms with Crippen LogP contribution in [-0.2, 0) is 17.8 Å². The van der Waals surface area contributed by atoms with E-state index in [4.69, 9.17) is 4.52 Å². The Morgan fingerprint density at radius 1 is 1.08 bits per heavy atom. The van der Waals surface area contributed by atoms with E-state index in [-0.39, 0.29) is 18.1 Å². The number of aryl methyl sites for hydroxylation is 2. The van der Waals surface area contributed by atoms with Crippen LogP contribution >= 0.6 is 0 Å². The predicted octanol–water partition coefficient (Wildman–Crippen LogP) is 3.68. The molecule has 10 nitrogen and oxygen atoms in total. The molecule has 0 aliphatic carbocycles. The number of carbonyl (C=O) groups excluding carboxylic acids is 1. The molecule has 186 valence electrons. The Hall–Kier alpha value is -4.05. The minimum atomic E-state index is -0.411. The maximum atomic E-state index is 12.9. The fourth-order valence-corrected chi connectivity index (χ4v) is 4.54. The predicted molar refractivity (Wildman–Crippen MR) is 134 cm³/mol. The molecule has 2 aromatic carbocycles. The van der Waals surface area contributed by atoms with Crippen molar-refractivity contribution in [2.24, 2.45) is 0 Å². The topological polar surface area (TPSA) is 111 Å². The molecule has 1 amide bonds. The molecule has 10 heteroatoms. The molecular weight excluding hydrogens is 460 g/mol. The number of fused-ring (bicyclic) bond motifs is 1. The maximum absolute atomic E-state index is 12.9. The number of rotatable bonds is 8. The van der Waals surface area contributed by atoms with Crippen molar-refractivity contribution < 1.29 is 14.2 Å². The second-order valence-electron chi connectivity index (χ2n) is 9.15. The molecule has 0 spiro atoms. The summed E-state index contributed by atoms with van der Waals surface area (Å²) >= 11 is 0. The second kappa shape index (κ2) is 10.3. The van der Waals surface area contributed by atoms with E-state index in [1.165, 1.54) is 17.7 Å². The van der Waals surface area contributed by atoms with Gasteiger partial charge in [-0.1, -0.05) is 35.0 Å². The molecule has 2 aromatic heterocycles. The van der Waals surface area contributed by atoms with Gasteiger partial charge in [-0.15, -0.1) is 0 Å². The van der Waals surface area contributed by atoms with Crippen molar-refractivity contribution in [2.45, 2.75) is 26.3 Å². The number of carbonyl (C=O) groups is 1. The van der Waals surface area contributed by atoms with Gasteiger partial charge in [-0.2, -0.15) is 4.98 Å². The molecule has 0 atom stereocenters. The van der Waals surface area contributed by atoms with Crippen molar-refractivity contribution in [1.29, 1.82) is 0 Å². The highest BCUT2D eigenvalue weighted by atomic mass is 16.6. The van der Waals surface area contributed by atoms with Gasteiger partial charge >= 0.3 is 0 Å². The molecule has 0 unspecified atom stereocenters. The van der Waals surface area contributed by atoms with E-state index in [0.29, 0.717) is 24.8 Å². The van der Waals surface area contributed by atoms with Gasteiger partial charge < -0.3 is 14.0 Å². The van der Waals surface area contributed by atoms with Crippen molar-refractivity contribution in [3.05, 3.63) is 76.3 Å². The van der Waals surface area contributed by atoms with E-state index >= 15 is 0 Å². The van der Waals surface area contributed by atoms with Gasteiger partial charge in [0.05, 0.1) is 4.92 Å². The number of aromatic nitrogens is 3. The van der Waals surface area contributed by atoms with Gasteiger partial charge in [0.25, 0.3) is 5.69 Å². The highest BCUT2D eigenvalue weighted by Gasteiger charge is 2.22. The van der Waals surface area contributed by atoms with Gasteiger partial charge in [-0.3, -0.25) is 19.8 Å². The summed E-state index contributed by atoms with van der Waals surface area (Å²) in [5.41, 5.74) is 3.01. The Kier molecular flexibility index (Phi) is 6.77. The molecule has 0 bridgehead atoms. The minimum Gasteiger partial charge on any atom is -0.339 e. The first-order valence-corrected chi connectivity index (χ1v) is 12.1. The summed E-state index contributed by atoms with van der Waals surface area (Å²) in [5.74, 6) is 1.31. The third kappa shape index (κ3) is 5.28. The van der Waals surface area contributed by atoms with Gasteiger partial charge in [-0.25, -0.2) is 0 Å². The monoisotopic (exact) mass is 488 g/mol. The Morgan fingerprint density at radius 3 is 2.61 bits per heavy atom. The zero-order valence-corrected chi connectivity index (χ0v) is 20.2. The van der Waals surface area contributed by atoms with E-state index in [1.807, 2.05) is 46.9 Å². The number of nitro benzene ring substituents is 1. The number of amides is 1. The summed E-state index contributed by atoms with van der Waals surface area (Å²) in [6.07, 6.45) is 3.44. The molecule has 0 radical (unpaired) electrons. The lowest BCUT2D eigenvalue weighted by molar-refractivity contribution is -0.384. The van der Waals surface area contributed by atoms with E-state index in [2.05, 4.69) is 15.0 Å². The number of hydrogen-bond acceptors (Lipinski definition) is 7. The molecule has 36 heavy (non-hydrogen) atoms. The second-order valence-corrected chi connectivity index (χ2v) is 9.15. The summed E-state index contributed by atoms with van der Waals surface area (Å²) in [4.78, 5) is 32.2. The molecule has 0 N–H and O–H groups in total. The van der Waals surface area contributed by atoms with Gasteiger partial charge in [0, 0.05) is 67.4 Å². The van der Waals surface area contributed by atoms with E-state index in [0.717, 1.165) is 48.9 Å². The fourth-order valence-electron chi connectivity index (χ4n) is 4.54. The Bertz CT molecular complexity index is 1370. The first-order valence-electron chi connectivity index (χ1n) is 12.1. The van der Waals surface area contributed by atoms with E-state index < -0.39 is 4.92 Å².